The number of anilines is 1. The van der Waals surface area contributed by atoms with Crippen LogP contribution in [0, 0.1) is 6.92 Å². The van der Waals surface area contributed by atoms with Crippen molar-refractivity contribution in [3.63, 3.8) is 0 Å². The van der Waals surface area contributed by atoms with Crippen molar-refractivity contribution in [2.45, 2.75) is 50.6 Å². The van der Waals surface area contributed by atoms with E-state index >= 15 is 0 Å². The number of amides is 1. The molecule has 0 aliphatic carbocycles. The van der Waals surface area contributed by atoms with E-state index in [-0.39, 0.29) is 28.4 Å². The molecular formula is C23H25ClN4O4S. The molecule has 1 aromatic heterocycles. The summed E-state index contributed by atoms with van der Waals surface area (Å²) in [7, 11) is -3.81. The second kappa shape index (κ2) is 8.23. The van der Waals surface area contributed by atoms with Crippen LogP contribution < -0.4 is 10.6 Å². The normalized spacial score (nSPS) is 18.2. The molecule has 0 fully saturated rings. The van der Waals surface area contributed by atoms with Gasteiger partial charge in [-0.15, -0.1) is 10.2 Å². The number of sulfone groups is 1. The lowest BCUT2D eigenvalue weighted by Crippen LogP contribution is -2.45. The number of fused-ring (bicyclic) bond motifs is 1. The van der Waals surface area contributed by atoms with Crippen molar-refractivity contribution in [3.05, 3.63) is 58.4 Å². The van der Waals surface area contributed by atoms with Crippen molar-refractivity contribution in [2.24, 2.45) is 5.73 Å². The second-order valence-electron chi connectivity index (χ2n) is 9.24. The molecule has 0 unspecified atom stereocenters. The molecule has 2 N–H and O–H groups in total. The third kappa shape index (κ3) is 4.53. The highest BCUT2D eigenvalue weighted by Crippen LogP contribution is 2.38. The molecule has 2 aromatic carbocycles. The highest BCUT2D eigenvalue weighted by Gasteiger charge is 2.37. The molecule has 8 nitrogen and oxygen atoms in total. The number of rotatable bonds is 3. The number of benzene rings is 2. The Balaban J connectivity index is 1.89. The lowest BCUT2D eigenvalue weighted by Gasteiger charge is -2.25. The summed E-state index contributed by atoms with van der Waals surface area (Å²) in [5, 5.41) is 8.86. The van der Waals surface area contributed by atoms with Crippen LogP contribution in [0.3, 0.4) is 0 Å². The van der Waals surface area contributed by atoms with E-state index < -0.39 is 27.5 Å². The first kappa shape index (κ1) is 23.4. The summed E-state index contributed by atoms with van der Waals surface area (Å²) < 4.78 is 32.1. The molecule has 0 saturated heterocycles. The van der Waals surface area contributed by atoms with Gasteiger partial charge in [-0.25, -0.2) is 8.42 Å². The number of halogens is 1. The molecule has 0 spiro atoms. The summed E-state index contributed by atoms with van der Waals surface area (Å²) in [5.74, 6) is -0.243. The molecule has 10 heteroatoms. The fourth-order valence-corrected chi connectivity index (χ4v) is 5.41. The molecule has 0 radical (unpaired) electrons. The SMILES string of the molecule is Cc1cc2c(cc1-c1nnc(C(C)(C)C)o1)N(Cc1ccc(Cl)cc1)C(=O)[C@@H](N)CS2(=O)=O. The zero-order chi connectivity index (χ0) is 24.1. The quantitative estimate of drug-likeness (QED) is 0.597. The standard InChI is InChI=1S/C23H25ClN4O4S/c1-13-9-19-18(10-16(13)20-26-27-22(32-20)23(2,3)4)28(11-14-5-7-15(24)8-6-14)21(29)17(25)12-33(19,30)31/h5-10,17H,11-12,25H2,1-4H3/t17-/m0/s1. The monoisotopic (exact) mass is 488 g/mol. The Labute approximate surface area is 197 Å². The summed E-state index contributed by atoms with van der Waals surface area (Å²) in [4.78, 5) is 14.6. The molecule has 2 heterocycles. The zero-order valence-electron chi connectivity index (χ0n) is 18.8. The van der Waals surface area contributed by atoms with Crippen LogP contribution in [-0.2, 0) is 26.6 Å². The molecule has 0 bridgehead atoms. The van der Waals surface area contributed by atoms with Gasteiger partial charge in [-0.2, -0.15) is 0 Å². The molecule has 1 aliphatic heterocycles. The number of aromatic nitrogens is 2. The Morgan fingerprint density at radius 2 is 1.85 bits per heavy atom. The van der Waals surface area contributed by atoms with E-state index in [0.29, 0.717) is 22.0 Å². The van der Waals surface area contributed by atoms with Crippen LogP contribution in [0.4, 0.5) is 5.69 Å². The van der Waals surface area contributed by atoms with Gasteiger partial charge in [0.05, 0.1) is 28.9 Å². The summed E-state index contributed by atoms with van der Waals surface area (Å²) in [6, 6.07) is 8.96. The van der Waals surface area contributed by atoms with E-state index in [4.69, 9.17) is 21.8 Å². The van der Waals surface area contributed by atoms with Crippen molar-refractivity contribution >= 4 is 33.0 Å². The minimum atomic E-state index is -3.81. The molecule has 1 aliphatic rings. The van der Waals surface area contributed by atoms with Crippen LogP contribution in [-0.4, -0.2) is 36.3 Å². The van der Waals surface area contributed by atoms with Crippen molar-refractivity contribution in [1.29, 1.82) is 0 Å². The summed E-state index contributed by atoms with van der Waals surface area (Å²) in [6.45, 7) is 7.76. The number of aryl methyl sites for hydroxylation is 1. The van der Waals surface area contributed by atoms with Crippen molar-refractivity contribution in [3.8, 4) is 11.5 Å². The number of nitrogens with two attached hydrogens (primary N) is 1. The van der Waals surface area contributed by atoms with Gasteiger partial charge in [-0.1, -0.05) is 44.5 Å². The number of hydrogen-bond acceptors (Lipinski definition) is 7. The Morgan fingerprint density at radius 3 is 2.45 bits per heavy atom. The van der Waals surface area contributed by atoms with Gasteiger partial charge in [0.1, 0.15) is 0 Å². The van der Waals surface area contributed by atoms with Gasteiger partial charge in [0.25, 0.3) is 0 Å². The molecule has 4 rings (SSSR count). The molecule has 0 saturated carbocycles. The van der Waals surface area contributed by atoms with E-state index in [2.05, 4.69) is 10.2 Å². The van der Waals surface area contributed by atoms with Gasteiger partial charge >= 0.3 is 0 Å². The number of carbonyl (C=O) groups excluding carboxylic acids is 1. The van der Waals surface area contributed by atoms with Gasteiger partial charge in [-0.3, -0.25) is 4.79 Å². The zero-order valence-corrected chi connectivity index (χ0v) is 20.4. The number of carbonyl (C=O) groups is 1. The van der Waals surface area contributed by atoms with E-state index in [0.717, 1.165) is 5.56 Å². The Kier molecular flexibility index (Phi) is 5.84. The van der Waals surface area contributed by atoms with Crippen molar-refractivity contribution in [2.75, 3.05) is 10.7 Å². The second-order valence-corrected chi connectivity index (χ2v) is 11.7. The van der Waals surface area contributed by atoms with E-state index in [1.165, 1.54) is 4.90 Å². The van der Waals surface area contributed by atoms with Crippen LogP contribution in [0.25, 0.3) is 11.5 Å². The average Bonchev–Trinajstić information content (AvgIpc) is 3.21. The lowest BCUT2D eigenvalue weighted by molar-refractivity contribution is -0.119. The summed E-state index contributed by atoms with van der Waals surface area (Å²) in [6.07, 6.45) is 0. The first-order valence-electron chi connectivity index (χ1n) is 10.4. The third-order valence-electron chi connectivity index (χ3n) is 5.46. The van der Waals surface area contributed by atoms with Crippen LogP contribution in [0.15, 0.2) is 45.7 Å². The minimum absolute atomic E-state index is 0.0505. The maximum Gasteiger partial charge on any atom is 0.248 e. The largest absolute Gasteiger partial charge is 0.420 e. The first-order chi connectivity index (χ1) is 15.4. The summed E-state index contributed by atoms with van der Waals surface area (Å²) in [5.41, 5.74) is 7.86. The van der Waals surface area contributed by atoms with Gasteiger partial charge in [-0.05, 0) is 42.3 Å². The fourth-order valence-electron chi connectivity index (χ4n) is 3.65. The Morgan fingerprint density at radius 1 is 1.18 bits per heavy atom. The molecule has 174 valence electrons. The predicted octanol–water partition coefficient (Wildman–Crippen LogP) is 3.64. The van der Waals surface area contributed by atoms with Gasteiger partial charge in [0.15, 0.2) is 9.84 Å². The van der Waals surface area contributed by atoms with E-state index in [9.17, 15) is 13.2 Å². The predicted molar refractivity (Wildman–Crippen MR) is 126 cm³/mol. The lowest BCUT2D eigenvalue weighted by atomic mass is 9.97. The minimum Gasteiger partial charge on any atom is -0.420 e. The smallest absolute Gasteiger partial charge is 0.248 e. The maximum atomic E-state index is 13.2. The van der Waals surface area contributed by atoms with Gasteiger partial charge in [0, 0.05) is 16.0 Å². The van der Waals surface area contributed by atoms with Crippen molar-refractivity contribution in [1.82, 2.24) is 10.2 Å². The Bertz CT molecular complexity index is 1330. The summed E-state index contributed by atoms with van der Waals surface area (Å²) >= 11 is 5.99. The molecule has 33 heavy (non-hydrogen) atoms. The number of hydrogen-bond donors (Lipinski definition) is 1. The van der Waals surface area contributed by atoms with Gasteiger partial charge in [0.2, 0.25) is 17.7 Å². The van der Waals surface area contributed by atoms with E-state index in [1.54, 1.807) is 43.3 Å². The van der Waals surface area contributed by atoms with Crippen LogP contribution in [0.5, 0.6) is 0 Å². The maximum absolute atomic E-state index is 13.2. The van der Waals surface area contributed by atoms with Crippen LogP contribution in [0.2, 0.25) is 5.02 Å². The molecular weight excluding hydrogens is 464 g/mol. The first-order valence-corrected chi connectivity index (χ1v) is 12.4. The highest BCUT2D eigenvalue weighted by atomic mass is 35.5. The molecule has 3 aromatic rings. The molecule has 1 atom stereocenters. The third-order valence-corrected chi connectivity index (χ3v) is 7.51. The number of nitrogens with zero attached hydrogens (tertiary/aromatic N) is 3. The van der Waals surface area contributed by atoms with Crippen LogP contribution >= 0.6 is 11.6 Å². The average molecular weight is 489 g/mol. The highest BCUT2D eigenvalue weighted by molar-refractivity contribution is 7.91. The van der Waals surface area contributed by atoms with Gasteiger partial charge < -0.3 is 15.1 Å². The van der Waals surface area contributed by atoms with E-state index in [1.807, 2.05) is 20.8 Å². The topological polar surface area (TPSA) is 119 Å². The van der Waals surface area contributed by atoms with Crippen LogP contribution in [0.1, 0.15) is 37.8 Å². The fraction of sp³-hybridized carbons (Fsp3) is 0.348. The Hall–Kier alpha value is -2.75. The van der Waals surface area contributed by atoms with Crippen molar-refractivity contribution < 1.29 is 17.6 Å². The molecule has 1 amide bonds.